The summed E-state index contributed by atoms with van der Waals surface area (Å²) in [6, 6.07) is 0. The number of nitrogens with zero attached hydrogens (tertiary/aromatic N) is 1. The molecule has 0 bridgehead atoms. The first-order valence-electron chi connectivity index (χ1n) is 7.61. The molecule has 1 heterocycles. The number of allylic oxidation sites excluding steroid dienone is 8. The van der Waals surface area contributed by atoms with Gasteiger partial charge in [0.1, 0.15) is 0 Å². The van der Waals surface area contributed by atoms with Crippen LogP contribution < -0.4 is 10.6 Å². The van der Waals surface area contributed by atoms with Crippen LogP contribution >= 0.6 is 0 Å². The van der Waals surface area contributed by atoms with E-state index in [2.05, 4.69) is 43.0 Å². The lowest BCUT2D eigenvalue weighted by molar-refractivity contribution is 1.05. The van der Waals surface area contributed by atoms with Crippen molar-refractivity contribution < 1.29 is 0 Å². The van der Waals surface area contributed by atoms with E-state index < -0.39 is 0 Å². The molecule has 0 aliphatic carbocycles. The van der Waals surface area contributed by atoms with Crippen molar-refractivity contribution in [3.05, 3.63) is 90.7 Å². The minimum atomic E-state index is 1.03. The maximum absolute atomic E-state index is 4.00. The molecule has 23 heavy (non-hydrogen) atoms. The molecule has 0 saturated carbocycles. The van der Waals surface area contributed by atoms with Crippen molar-refractivity contribution in [1.29, 1.82) is 0 Å². The Balaban J connectivity index is 4.10. The van der Waals surface area contributed by atoms with Crippen molar-refractivity contribution in [3.63, 3.8) is 0 Å². The van der Waals surface area contributed by atoms with Gasteiger partial charge in [0.05, 0.1) is 11.0 Å². The summed E-state index contributed by atoms with van der Waals surface area (Å²) in [4.78, 5) is 0. The molecule has 1 aromatic rings. The quantitative estimate of drug-likeness (QED) is 0.643. The molecule has 0 aliphatic rings. The van der Waals surface area contributed by atoms with E-state index in [1.165, 1.54) is 0 Å². The summed E-state index contributed by atoms with van der Waals surface area (Å²) < 4.78 is 2.17. The van der Waals surface area contributed by atoms with Crippen molar-refractivity contribution in [2.75, 3.05) is 0 Å². The predicted molar refractivity (Wildman–Crippen MR) is 107 cm³/mol. The summed E-state index contributed by atoms with van der Waals surface area (Å²) in [7, 11) is 0. The van der Waals surface area contributed by atoms with Gasteiger partial charge in [0.2, 0.25) is 0 Å². The number of aromatic nitrogens is 1. The summed E-state index contributed by atoms with van der Waals surface area (Å²) in [5.41, 5.74) is 3.19. The van der Waals surface area contributed by atoms with Gasteiger partial charge in [0.15, 0.2) is 0 Å². The molecule has 1 aromatic heterocycles. The van der Waals surface area contributed by atoms with E-state index >= 15 is 0 Å². The largest absolute Gasteiger partial charge is 0.310 e. The summed E-state index contributed by atoms with van der Waals surface area (Å²) in [6.07, 6.45) is 21.4. The molecule has 118 valence electrons. The van der Waals surface area contributed by atoms with Crippen LogP contribution in [0.15, 0.2) is 68.8 Å². The molecule has 0 atom stereocenters. The Morgan fingerprint density at radius 2 is 1.65 bits per heavy atom. The van der Waals surface area contributed by atoms with Crippen molar-refractivity contribution in [1.82, 2.24) is 4.57 Å². The van der Waals surface area contributed by atoms with Gasteiger partial charge >= 0.3 is 0 Å². The Morgan fingerprint density at radius 3 is 2.13 bits per heavy atom. The van der Waals surface area contributed by atoms with Crippen LogP contribution in [0.4, 0.5) is 0 Å². The van der Waals surface area contributed by atoms with E-state index in [9.17, 15) is 0 Å². The molecule has 1 heteroatoms. The van der Waals surface area contributed by atoms with Crippen LogP contribution in [0.3, 0.4) is 0 Å². The monoisotopic (exact) mass is 303 g/mol. The maximum atomic E-state index is 4.00. The van der Waals surface area contributed by atoms with E-state index in [1.807, 2.05) is 50.3 Å². The standard InChI is InChI=1S/C22H25N/c1-7-13-17-18(11-5)23-21(12-6)19(14-8-2)20(15-9-3)22(23)16-10-4/h7-17H,1,3-4,6H2,2,5H3/b14-8-,17-13-,18-11+,20-15-,22-16+. The normalized spacial score (nSPS) is 13.9. The molecule has 0 aromatic carbocycles. The highest BCUT2D eigenvalue weighted by molar-refractivity contribution is 5.72. The van der Waals surface area contributed by atoms with Gasteiger partial charge in [0, 0.05) is 16.5 Å². The van der Waals surface area contributed by atoms with Gasteiger partial charge in [-0.1, -0.05) is 74.9 Å². The van der Waals surface area contributed by atoms with E-state index in [0.717, 1.165) is 27.5 Å². The fourth-order valence-electron chi connectivity index (χ4n) is 2.50. The summed E-state index contributed by atoms with van der Waals surface area (Å²) in [6.45, 7) is 19.5. The first-order chi connectivity index (χ1) is 11.2. The van der Waals surface area contributed by atoms with Gasteiger partial charge in [-0.3, -0.25) is 0 Å². The molecule has 0 fully saturated rings. The van der Waals surface area contributed by atoms with Gasteiger partial charge < -0.3 is 4.57 Å². The van der Waals surface area contributed by atoms with E-state index in [0.29, 0.717) is 0 Å². The molecule has 0 radical (unpaired) electrons. The highest BCUT2D eigenvalue weighted by Gasteiger charge is 2.11. The van der Waals surface area contributed by atoms with Crippen molar-refractivity contribution >= 4 is 30.0 Å². The van der Waals surface area contributed by atoms with Crippen LogP contribution in [-0.4, -0.2) is 4.57 Å². The fourth-order valence-corrected chi connectivity index (χ4v) is 2.50. The van der Waals surface area contributed by atoms with Gasteiger partial charge in [-0.2, -0.15) is 0 Å². The van der Waals surface area contributed by atoms with Gasteiger partial charge in [0.25, 0.3) is 0 Å². The Labute approximate surface area is 139 Å². The Hall–Kier alpha value is -2.80. The number of rotatable bonds is 7. The average Bonchev–Trinajstić information content (AvgIpc) is 2.83. The zero-order valence-electron chi connectivity index (χ0n) is 14.1. The molecular formula is C22H25N. The summed E-state index contributed by atoms with van der Waals surface area (Å²) in [5, 5.41) is 2.14. The summed E-state index contributed by atoms with van der Waals surface area (Å²) in [5.74, 6) is 0. The lowest BCUT2D eigenvalue weighted by atomic mass is 10.1. The molecule has 1 nitrogen and oxygen atoms in total. The van der Waals surface area contributed by atoms with E-state index in [4.69, 9.17) is 0 Å². The molecule has 0 aliphatic heterocycles. The fraction of sp³-hybridized carbons (Fsp3) is 0.0909. The van der Waals surface area contributed by atoms with Crippen LogP contribution in [0, 0.1) is 0 Å². The van der Waals surface area contributed by atoms with Crippen LogP contribution in [-0.2, 0) is 0 Å². The Kier molecular flexibility index (Phi) is 7.35. The first kappa shape index (κ1) is 18.2. The first-order valence-corrected chi connectivity index (χ1v) is 7.61. The third-order valence-electron chi connectivity index (χ3n) is 3.37. The van der Waals surface area contributed by atoms with Gasteiger partial charge in [-0.25, -0.2) is 0 Å². The van der Waals surface area contributed by atoms with E-state index in [1.54, 1.807) is 18.2 Å². The van der Waals surface area contributed by atoms with Crippen molar-refractivity contribution in [2.45, 2.75) is 13.8 Å². The molecule has 0 unspecified atom stereocenters. The zero-order chi connectivity index (χ0) is 17.2. The second-order valence-electron chi connectivity index (χ2n) is 4.75. The molecule has 0 N–H and O–H groups in total. The minimum absolute atomic E-state index is 1.03. The molecule has 0 amide bonds. The van der Waals surface area contributed by atoms with E-state index in [-0.39, 0.29) is 0 Å². The SMILES string of the molecule is C=C/C=C\C(=C/C)n1c(C=C)c(/C=C\C)c(=C/C=C)/c1=C\C=C. The van der Waals surface area contributed by atoms with Crippen LogP contribution in [0.1, 0.15) is 25.1 Å². The highest BCUT2D eigenvalue weighted by Crippen LogP contribution is 2.14. The van der Waals surface area contributed by atoms with Crippen LogP contribution in [0.25, 0.3) is 30.0 Å². The minimum Gasteiger partial charge on any atom is -0.310 e. The molecule has 0 spiro atoms. The lowest BCUT2D eigenvalue weighted by Crippen LogP contribution is -2.29. The predicted octanol–water partition coefficient (Wildman–Crippen LogP) is 4.70. The van der Waals surface area contributed by atoms with Crippen LogP contribution in [0.2, 0.25) is 0 Å². The smallest absolute Gasteiger partial charge is 0.0540 e. The Bertz CT molecular complexity index is 805. The third-order valence-corrected chi connectivity index (χ3v) is 3.37. The highest BCUT2D eigenvalue weighted by atomic mass is 15.0. The molecule has 0 saturated heterocycles. The average molecular weight is 303 g/mol. The maximum Gasteiger partial charge on any atom is 0.0540 e. The second kappa shape index (κ2) is 9.26. The van der Waals surface area contributed by atoms with Crippen molar-refractivity contribution in [2.24, 2.45) is 0 Å². The Morgan fingerprint density at radius 1 is 0.957 bits per heavy atom. The number of hydrogen-bond acceptors (Lipinski definition) is 0. The van der Waals surface area contributed by atoms with Gasteiger partial charge in [-0.15, -0.1) is 0 Å². The topological polar surface area (TPSA) is 4.93 Å². The molecule has 1 rings (SSSR count). The lowest BCUT2D eigenvalue weighted by Gasteiger charge is -2.09. The number of hydrogen-bond donors (Lipinski definition) is 0. The summed E-state index contributed by atoms with van der Waals surface area (Å²) >= 11 is 0. The van der Waals surface area contributed by atoms with Crippen molar-refractivity contribution in [3.8, 4) is 0 Å². The third kappa shape index (κ3) is 3.89. The second-order valence-corrected chi connectivity index (χ2v) is 4.75. The molecular weight excluding hydrogens is 278 g/mol. The zero-order valence-corrected chi connectivity index (χ0v) is 14.1. The van der Waals surface area contributed by atoms with Crippen LogP contribution in [0.5, 0.6) is 0 Å². The van der Waals surface area contributed by atoms with Gasteiger partial charge in [-0.05, 0) is 32.1 Å².